The first-order valence-corrected chi connectivity index (χ1v) is 9.25. The zero-order chi connectivity index (χ0) is 21.7. The van der Waals surface area contributed by atoms with E-state index in [0.717, 1.165) is 16.8 Å². The molecule has 30 heavy (non-hydrogen) atoms. The highest BCUT2D eigenvalue weighted by Crippen LogP contribution is 2.29. The highest BCUT2D eigenvalue weighted by atomic mass is 19.3. The molecule has 1 heterocycles. The van der Waals surface area contributed by atoms with E-state index in [1.54, 1.807) is 30.1 Å². The van der Waals surface area contributed by atoms with Crippen molar-refractivity contribution in [3.05, 3.63) is 59.5 Å². The van der Waals surface area contributed by atoms with Crippen molar-refractivity contribution in [2.45, 2.75) is 27.0 Å². The average molecular weight is 416 g/mol. The minimum atomic E-state index is -2.96. The number of halogens is 2. The molecule has 0 radical (unpaired) electrons. The number of carbonyl (C=O) groups excluding carboxylic acids is 1. The Labute approximate surface area is 172 Å². The van der Waals surface area contributed by atoms with Crippen molar-refractivity contribution >= 4 is 11.6 Å². The van der Waals surface area contributed by atoms with Crippen molar-refractivity contribution in [2.75, 3.05) is 18.9 Å². The standard InChI is InChI=1S/C21H22F2N4O3/c1-13-7-6-8-14(2)19(13)24-17(28)11-27(3)12-18-25-20(26-30-18)15-9-4-5-10-16(15)29-21(22)23/h4-10,21H,11-12H2,1-3H3,(H,24,28). The quantitative estimate of drug-likeness (QED) is 0.597. The normalized spacial score (nSPS) is 11.2. The lowest BCUT2D eigenvalue weighted by molar-refractivity contribution is -0.117. The van der Waals surface area contributed by atoms with Gasteiger partial charge in [0.15, 0.2) is 0 Å². The number of para-hydroxylation sites is 2. The van der Waals surface area contributed by atoms with Crippen molar-refractivity contribution in [2.24, 2.45) is 0 Å². The van der Waals surface area contributed by atoms with Gasteiger partial charge in [-0.2, -0.15) is 13.8 Å². The number of anilines is 1. The molecule has 3 aromatic rings. The summed E-state index contributed by atoms with van der Waals surface area (Å²) in [5, 5.41) is 6.76. The molecule has 0 saturated heterocycles. The number of aryl methyl sites for hydroxylation is 2. The van der Waals surface area contributed by atoms with Crippen LogP contribution in [-0.2, 0) is 11.3 Å². The van der Waals surface area contributed by atoms with Gasteiger partial charge in [0, 0.05) is 5.69 Å². The second kappa shape index (κ2) is 9.45. The van der Waals surface area contributed by atoms with E-state index in [9.17, 15) is 13.6 Å². The Kier molecular flexibility index (Phi) is 6.73. The number of hydrogen-bond acceptors (Lipinski definition) is 6. The number of rotatable bonds is 8. The smallest absolute Gasteiger partial charge is 0.387 e. The molecular formula is C21H22F2N4O3. The Hall–Kier alpha value is -3.33. The number of carbonyl (C=O) groups is 1. The molecule has 0 unspecified atom stereocenters. The second-order valence-corrected chi connectivity index (χ2v) is 6.87. The molecule has 9 heteroatoms. The Morgan fingerprint density at radius 1 is 1.17 bits per heavy atom. The third kappa shape index (κ3) is 5.38. The van der Waals surface area contributed by atoms with E-state index in [2.05, 4.69) is 20.2 Å². The van der Waals surface area contributed by atoms with Crippen LogP contribution in [-0.4, -0.2) is 41.2 Å². The van der Waals surface area contributed by atoms with Gasteiger partial charge in [0.25, 0.3) is 0 Å². The summed E-state index contributed by atoms with van der Waals surface area (Å²) in [6.45, 7) is 1.23. The summed E-state index contributed by atoms with van der Waals surface area (Å²) in [7, 11) is 1.74. The van der Waals surface area contributed by atoms with Crippen LogP contribution in [0.5, 0.6) is 5.75 Å². The third-order valence-corrected chi connectivity index (χ3v) is 4.38. The largest absolute Gasteiger partial charge is 0.434 e. The Morgan fingerprint density at radius 2 is 1.87 bits per heavy atom. The maximum absolute atomic E-state index is 12.6. The lowest BCUT2D eigenvalue weighted by Gasteiger charge is -2.16. The van der Waals surface area contributed by atoms with E-state index in [-0.39, 0.29) is 36.5 Å². The van der Waals surface area contributed by atoms with Gasteiger partial charge in [-0.05, 0) is 44.2 Å². The van der Waals surface area contributed by atoms with E-state index < -0.39 is 6.61 Å². The molecule has 1 aromatic heterocycles. The van der Waals surface area contributed by atoms with E-state index >= 15 is 0 Å². The lowest BCUT2D eigenvalue weighted by Crippen LogP contribution is -2.30. The first-order valence-electron chi connectivity index (χ1n) is 9.25. The summed E-state index contributed by atoms with van der Waals surface area (Å²) >= 11 is 0. The molecule has 0 bridgehead atoms. The summed E-state index contributed by atoms with van der Waals surface area (Å²) in [4.78, 5) is 18.3. The summed E-state index contributed by atoms with van der Waals surface area (Å²) in [5.41, 5.74) is 3.06. The Bertz CT molecular complexity index is 1000. The van der Waals surface area contributed by atoms with Crippen LogP contribution in [0.3, 0.4) is 0 Å². The SMILES string of the molecule is Cc1cccc(C)c1NC(=O)CN(C)Cc1nc(-c2ccccc2OC(F)F)no1. The minimum absolute atomic E-state index is 0.0406. The van der Waals surface area contributed by atoms with Crippen LogP contribution in [0.1, 0.15) is 17.0 Å². The Morgan fingerprint density at radius 3 is 2.57 bits per heavy atom. The number of nitrogens with one attached hydrogen (secondary N) is 1. The summed E-state index contributed by atoms with van der Waals surface area (Å²) < 4.78 is 34.9. The molecule has 0 saturated carbocycles. The predicted molar refractivity (Wildman–Crippen MR) is 107 cm³/mol. The molecule has 158 valence electrons. The number of likely N-dealkylation sites (N-methyl/N-ethyl adjacent to an activating group) is 1. The van der Waals surface area contributed by atoms with Crippen molar-refractivity contribution in [3.63, 3.8) is 0 Å². The number of nitrogens with zero attached hydrogens (tertiary/aromatic N) is 3. The predicted octanol–water partition coefficient (Wildman–Crippen LogP) is 4.03. The van der Waals surface area contributed by atoms with Gasteiger partial charge in [-0.3, -0.25) is 9.69 Å². The van der Waals surface area contributed by atoms with Crippen LogP contribution in [0, 0.1) is 13.8 Å². The number of alkyl halides is 2. The van der Waals surface area contributed by atoms with Crippen LogP contribution in [0.2, 0.25) is 0 Å². The lowest BCUT2D eigenvalue weighted by atomic mass is 10.1. The van der Waals surface area contributed by atoms with E-state index in [1.165, 1.54) is 6.07 Å². The number of benzene rings is 2. The second-order valence-electron chi connectivity index (χ2n) is 6.87. The fourth-order valence-electron chi connectivity index (χ4n) is 3.00. The molecule has 7 nitrogen and oxygen atoms in total. The van der Waals surface area contributed by atoms with Gasteiger partial charge >= 0.3 is 6.61 Å². The summed E-state index contributed by atoms with van der Waals surface area (Å²) in [5.74, 6) is 0.167. The van der Waals surface area contributed by atoms with Gasteiger partial charge in [0.1, 0.15) is 5.75 Å². The molecule has 2 aromatic carbocycles. The number of hydrogen-bond donors (Lipinski definition) is 1. The van der Waals surface area contributed by atoms with Gasteiger partial charge in [-0.1, -0.05) is 35.5 Å². The maximum Gasteiger partial charge on any atom is 0.387 e. The molecule has 1 amide bonds. The maximum atomic E-state index is 12.6. The number of amides is 1. The molecular weight excluding hydrogens is 394 g/mol. The van der Waals surface area contributed by atoms with E-state index in [0.29, 0.717) is 5.56 Å². The summed E-state index contributed by atoms with van der Waals surface area (Å²) in [6, 6.07) is 12.0. The van der Waals surface area contributed by atoms with Crippen molar-refractivity contribution < 1.29 is 22.8 Å². The number of aromatic nitrogens is 2. The molecule has 0 fully saturated rings. The minimum Gasteiger partial charge on any atom is -0.434 e. The van der Waals surface area contributed by atoms with Gasteiger partial charge in [0.05, 0.1) is 18.7 Å². The van der Waals surface area contributed by atoms with Gasteiger partial charge in [-0.25, -0.2) is 0 Å². The van der Waals surface area contributed by atoms with Crippen LogP contribution >= 0.6 is 0 Å². The molecule has 1 N–H and O–H groups in total. The van der Waals surface area contributed by atoms with Crippen LogP contribution < -0.4 is 10.1 Å². The Balaban J connectivity index is 1.63. The van der Waals surface area contributed by atoms with E-state index in [4.69, 9.17) is 4.52 Å². The van der Waals surface area contributed by atoms with E-state index in [1.807, 2.05) is 32.0 Å². The zero-order valence-corrected chi connectivity index (χ0v) is 16.9. The fourth-order valence-corrected chi connectivity index (χ4v) is 3.00. The zero-order valence-electron chi connectivity index (χ0n) is 16.9. The van der Waals surface area contributed by atoms with Crippen LogP contribution in [0.25, 0.3) is 11.4 Å². The van der Waals surface area contributed by atoms with Gasteiger partial charge in [-0.15, -0.1) is 0 Å². The highest BCUT2D eigenvalue weighted by molar-refractivity contribution is 5.93. The van der Waals surface area contributed by atoms with Crippen LogP contribution in [0.4, 0.5) is 14.5 Å². The topological polar surface area (TPSA) is 80.5 Å². The molecule has 0 aliphatic carbocycles. The molecule has 0 aliphatic rings. The third-order valence-electron chi connectivity index (χ3n) is 4.38. The van der Waals surface area contributed by atoms with Gasteiger partial charge in [0.2, 0.25) is 17.6 Å². The highest BCUT2D eigenvalue weighted by Gasteiger charge is 2.17. The first-order chi connectivity index (χ1) is 14.3. The molecule has 0 spiro atoms. The average Bonchev–Trinajstić information content (AvgIpc) is 3.13. The van der Waals surface area contributed by atoms with Crippen LogP contribution in [0.15, 0.2) is 47.0 Å². The summed E-state index contributed by atoms with van der Waals surface area (Å²) in [6.07, 6.45) is 0. The van der Waals surface area contributed by atoms with Crippen molar-refractivity contribution in [1.29, 1.82) is 0 Å². The molecule has 3 rings (SSSR count). The fraction of sp³-hybridized carbons (Fsp3) is 0.286. The molecule has 0 aliphatic heterocycles. The first kappa shape index (κ1) is 21.4. The van der Waals surface area contributed by atoms with Gasteiger partial charge < -0.3 is 14.6 Å². The monoisotopic (exact) mass is 416 g/mol. The van der Waals surface area contributed by atoms with Crippen molar-refractivity contribution in [1.82, 2.24) is 15.0 Å². The molecule has 0 atom stereocenters. The van der Waals surface area contributed by atoms with Crippen molar-refractivity contribution in [3.8, 4) is 17.1 Å². The number of ether oxygens (including phenoxy) is 1.